The number of carbonyl (C=O) groups excluding carboxylic acids is 2. The number of rotatable bonds is 4. The molecule has 1 heterocycles. The van der Waals surface area contributed by atoms with Crippen LogP contribution in [0.4, 0.5) is 5.00 Å². The zero-order valence-corrected chi connectivity index (χ0v) is 18.9. The van der Waals surface area contributed by atoms with E-state index in [0.717, 1.165) is 34.2 Å². The normalized spacial score (nSPS) is 16.4. The van der Waals surface area contributed by atoms with E-state index < -0.39 is 5.91 Å². The Labute approximate surface area is 177 Å². The summed E-state index contributed by atoms with van der Waals surface area (Å²) in [4.78, 5) is 26.2. The molecule has 1 aliphatic rings. The van der Waals surface area contributed by atoms with Crippen molar-refractivity contribution in [2.24, 2.45) is 17.1 Å². The summed E-state index contributed by atoms with van der Waals surface area (Å²) in [6.45, 7) is 6.73. The lowest BCUT2D eigenvalue weighted by molar-refractivity contribution is 0.1000. The van der Waals surface area contributed by atoms with Crippen LogP contribution in [0.1, 0.15) is 58.3 Å². The van der Waals surface area contributed by atoms with Gasteiger partial charge in [-0.2, -0.15) is 0 Å². The first-order valence-corrected chi connectivity index (χ1v) is 10.8. The van der Waals surface area contributed by atoms with Crippen molar-refractivity contribution in [2.45, 2.75) is 40.0 Å². The Morgan fingerprint density at radius 2 is 2.04 bits per heavy atom. The largest absolute Gasteiger partial charge is 0.496 e. The average Bonchev–Trinajstić information content (AvgIpc) is 2.97. The van der Waals surface area contributed by atoms with E-state index >= 15 is 0 Å². The molecule has 28 heavy (non-hydrogen) atoms. The van der Waals surface area contributed by atoms with Gasteiger partial charge < -0.3 is 15.8 Å². The molecule has 0 bridgehead atoms. The topological polar surface area (TPSA) is 81.4 Å². The Balaban J connectivity index is 1.95. The number of methoxy groups -OCH3 is 1. The van der Waals surface area contributed by atoms with Crippen molar-refractivity contribution in [1.29, 1.82) is 0 Å². The van der Waals surface area contributed by atoms with Crippen LogP contribution in [-0.2, 0) is 12.8 Å². The van der Waals surface area contributed by atoms with Gasteiger partial charge in [0.15, 0.2) is 0 Å². The van der Waals surface area contributed by atoms with Crippen molar-refractivity contribution in [3.05, 3.63) is 44.2 Å². The molecule has 150 valence electrons. The highest BCUT2D eigenvalue weighted by atomic mass is 79.9. The maximum atomic E-state index is 12.9. The third kappa shape index (κ3) is 4.10. The zero-order valence-electron chi connectivity index (χ0n) is 16.5. The van der Waals surface area contributed by atoms with Crippen molar-refractivity contribution in [3.63, 3.8) is 0 Å². The van der Waals surface area contributed by atoms with Crippen LogP contribution in [0, 0.1) is 11.3 Å². The van der Waals surface area contributed by atoms with Gasteiger partial charge in [-0.25, -0.2) is 0 Å². The van der Waals surface area contributed by atoms with Crippen molar-refractivity contribution in [3.8, 4) is 5.75 Å². The molecule has 0 aliphatic heterocycles. The monoisotopic (exact) mass is 464 g/mol. The number of nitrogens with two attached hydrogens (primary N) is 1. The van der Waals surface area contributed by atoms with E-state index in [1.165, 1.54) is 18.4 Å². The van der Waals surface area contributed by atoms with Crippen molar-refractivity contribution >= 4 is 44.1 Å². The third-order valence-electron chi connectivity index (χ3n) is 5.37. The first kappa shape index (κ1) is 20.9. The van der Waals surface area contributed by atoms with Crippen molar-refractivity contribution < 1.29 is 14.3 Å². The van der Waals surface area contributed by atoms with E-state index in [0.29, 0.717) is 27.8 Å². The predicted octanol–water partition coefficient (Wildman–Crippen LogP) is 5.02. The lowest BCUT2D eigenvalue weighted by Gasteiger charge is -2.33. The SMILES string of the molecule is COc1ccc(Br)cc1C(=O)Nc1sc2c(c1C(N)=O)CC[C@@H](C(C)(C)C)C2. The smallest absolute Gasteiger partial charge is 0.260 e. The summed E-state index contributed by atoms with van der Waals surface area (Å²) < 4.78 is 6.07. The highest BCUT2D eigenvalue weighted by Gasteiger charge is 2.33. The molecule has 0 unspecified atom stereocenters. The maximum Gasteiger partial charge on any atom is 0.260 e. The number of fused-ring (bicyclic) bond motifs is 1. The van der Waals surface area contributed by atoms with Crippen LogP contribution >= 0.6 is 27.3 Å². The molecular weight excluding hydrogens is 440 g/mol. The number of carbonyl (C=O) groups is 2. The third-order valence-corrected chi connectivity index (χ3v) is 7.03. The van der Waals surface area contributed by atoms with Crippen LogP contribution in [-0.4, -0.2) is 18.9 Å². The van der Waals surface area contributed by atoms with E-state index in [2.05, 4.69) is 42.0 Å². The molecule has 7 heteroatoms. The van der Waals surface area contributed by atoms with Gasteiger partial charge in [0.05, 0.1) is 18.2 Å². The van der Waals surface area contributed by atoms with Gasteiger partial charge in [0.2, 0.25) is 0 Å². The minimum absolute atomic E-state index is 0.196. The van der Waals surface area contributed by atoms with Crippen LogP contribution < -0.4 is 15.8 Å². The first-order chi connectivity index (χ1) is 13.1. The number of anilines is 1. The Morgan fingerprint density at radius 1 is 1.32 bits per heavy atom. The first-order valence-electron chi connectivity index (χ1n) is 9.21. The number of primary amides is 1. The standard InChI is InChI=1S/C21H25BrN2O3S/c1-21(2,3)11-5-7-13-16(9-11)28-20(17(13)18(23)25)24-19(26)14-10-12(22)6-8-15(14)27-4/h6,8,10-11H,5,7,9H2,1-4H3,(H2,23,25)(H,24,26)/t11-/m1/s1. The van der Waals surface area contributed by atoms with Gasteiger partial charge in [0.1, 0.15) is 10.8 Å². The molecule has 0 spiro atoms. The van der Waals surface area contributed by atoms with E-state index in [1.54, 1.807) is 18.2 Å². The van der Waals surface area contributed by atoms with E-state index in [-0.39, 0.29) is 11.3 Å². The Hall–Kier alpha value is -1.86. The molecule has 3 N–H and O–H groups in total. The quantitative estimate of drug-likeness (QED) is 0.665. The Morgan fingerprint density at radius 3 is 2.64 bits per heavy atom. The van der Waals surface area contributed by atoms with Crippen LogP contribution in [0.25, 0.3) is 0 Å². The Kier molecular flexibility index (Phi) is 5.87. The zero-order chi connectivity index (χ0) is 20.6. The van der Waals surface area contributed by atoms with Crippen molar-refractivity contribution in [2.75, 3.05) is 12.4 Å². The summed E-state index contributed by atoms with van der Waals surface area (Å²) in [7, 11) is 1.52. The molecule has 2 aromatic rings. The predicted molar refractivity (Wildman–Crippen MR) is 116 cm³/mol. The second-order valence-electron chi connectivity index (χ2n) is 8.18. The van der Waals surface area contributed by atoms with Crippen molar-refractivity contribution in [1.82, 2.24) is 0 Å². The maximum absolute atomic E-state index is 12.9. The molecule has 1 atom stereocenters. The summed E-state index contributed by atoms with van der Waals surface area (Å²) in [5.41, 5.74) is 7.72. The van der Waals surface area contributed by atoms with Crippen LogP contribution in [0.15, 0.2) is 22.7 Å². The van der Waals surface area contributed by atoms with Gasteiger partial charge in [0.25, 0.3) is 11.8 Å². The second-order valence-corrected chi connectivity index (χ2v) is 10.2. The van der Waals surface area contributed by atoms with Gasteiger partial charge in [0, 0.05) is 9.35 Å². The van der Waals surface area contributed by atoms with Gasteiger partial charge in [-0.15, -0.1) is 11.3 Å². The molecular formula is C21H25BrN2O3S. The molecule has 1 aromatic heterocycles. The summed E-state index contributed by atoms with van der Waals surface area (Å²) in [5.74, 6) is 0.179. The molecule has 3 rings (SSSR count). The minimum Gasteiger partial charge on any atom is -0.496 e. The fourth-order valence-corrected chi connectivity index (χ4v) is 5.39. The highest BCUT2D eigenvalue weighted by molar-refractivity contribution is 9.10. The van der Waals surface area contributed by atoms with Gasteiger partial charge >= 0.3 is 0 Å². The van der Waals surface area contributed by atoms with Gasteiger partial charge in [-0.05, 0) is 54.4 Å². The van der Waals surface area contributed by atoms with E-state index in [4.69, 9.17) is 10.5 Å². The molecule has 0 saturated heterocycles. The van der Waals surface area contributed by atoms with E-state index in [1.807, 2.05) is 0 Å². The number of nitrogens with one attached hydrogen (secondary N) is 1. The van der Waals surface area contributed by atoms with Gasteiger partial charge in [-0.1, -0.05) is 36.7 Å². The second kappa shape index (κ2) is 7.87. The number of halogens is 1. The number of ether oxygens (including phenoxy) is 1. The van der Waals surface area contributed by atoms with Crippen LogP contribution in [0.3, 0.4) is 0 Å². The highest BCUT2D eigenvalue weighted by Crippen LogP contribution is 2.44. The number of hydrogen-bond acceptors (Lipinski definition) is 4. The molecule has 2 amide bonds. The average molecular weight is 465 g/mol. The number of hydrogen-bond donors (Lipinski definition) is 2. The van der Waals surface area contributed by atoms with E-state index in [9.17, 15) is 9.59 Å². The molecule has 1 aliphatic carbocycles. The number of thiophene rings is 1. The lowest BCUT2D eigenvalue weighted by atomic mass is 9.72. The number of amides is 2. The lowest BCUT2D eigenvalue weighted by Crippen LogP contribution is -2.27. The summed E-state index contributed by atoms with van der Waals surface area (Å²) in [6, 6.07) is 5.23. The van der Waals surface area contributed by atoms with Crippen LogP contribution in [0.5, 0.6) is 5.75 Å². The minimum atomic E-state index is -0.497. The number of benzene rings is 1. The summed E-state index contributed by atoms with van der Waals surface area (Å²) >= 11 is 4.85. The fraction of sp³-hybridized carbons (Fsp3) is 0.429. The molecule has 0 fully saturated rings. The molecule has 0 saturated carbocycles. The van der Waals surface area contributed by atoms with Gasteiger partial charge in [-0.3, -0.25) is 9.59 Å². The molecule has 1 aromatic carbocycles. The fourth-order valence-electron chi connectivity index (χ4n) is 3.70. The summed E-state index contributed by atoms with van der Waals surface area (Å²) in [6.07, 6.45) is 2.72. The Bertz CT molecular complexity index is 930. The molecule has 0 radical (unpaired) electrons. The summed E-state index contributed by atoms with van der Waals surface area (Å²) in [5, 5.41) is 3.43. The van der Waals surface area contributed by atoms with Crippen LogP contribution in [0.2, 0.25) is 0 Å². The molecule has 5 nitrogen and oxygen atoms in total.